The van der Waals surface area contributed by atoms with Crippen LogP contribution in [0.4, 0.5) is 21.5 Å². The molecule has 6 heteroatoms. The van der Waals surface area contributed by atoms with Crippen LogP contribution in [-0.4, -0.2) is 19.8 Å². The minimum atomic E-state index is -0.637. The molecule has 0 aromatic heterocycles. The second-order valence-electron chi connectivity index (χ2n) is 3.49. The lowest BCUT2D eigenvalue weighted by Crippen LogP contribution is -2.19. The molecule has 1 atom stereocenters. The van der Waals surface area contributed by atoms with Crippen LogP contribution in [-0.2, 0) is 4.74 Å². The monoisotopic (exact) mass is 247 g/mol. The standard InChI is InChI=1S/C10H15ClFN3O/c1-5(16-2)4-15-10-7(14)3-6(13)8(11)9(10)12/h3,5,15H,4,13-14H2,1-2H3. The lowest BCUT2D eigenvalue weighted by atomic mass is 10.2. The number of rotatable bonds is 4. The normalized spacial score (nSPS) is 12.5. The van der Waals surface area contributed by atoms with Gasteiger partial charge in [0.2, 0.25) is 0 Å². The van der Waals surface area contributed by atoms with Crippen molar-refractivity contribution in [3.8, 4) is 0 Å². The Morgan fingerprint density at radius 3 is 2.69 bits per heavy atom. The van der Waals surface area contributed by atoms with Gasteiger partial charge in [-0.25, -0.2) is 4.39 Å². The van der Waals surface area contributed by atoms with Gasteiger partial charge in [0, 0.05) is 13.7 Å². The Kier molecular flexibility index (Phi) is 4.20. The fourth-order valence-corrected chi connectivity index (χ4v) is 1.32. The lowest BCUT2D eigenvalue weighted by Gasteiger charge is -2.15. The molecular weight excluding hydrogens is 233 g/mol. The molecule has 0 aliphatic rings. The van der Waals surface area contributed by atoms with E-state index in [2.05, 4.69) is 5.32 Å². The Morgan fingerprint density at radius 1 is 1.50 bits per heavy atom. The van der Waals surface area contributed by atoms with Gasteiger partial charge in [-0.05, 0) is 13.0 Å². The van der Waals surface area contributed by atoms with Crippen molar-refractivity contribution in [1.82, 2.24) is 0 Å². The number of benzene rings is 1. The molecule has 0 bridgehead atoms. The lowest BCUT2D eigenvalue weighted by molar-refractivity contribution is 0.128. The van der Waals surface area contributed by atoms with Crippen molar-refractivity contribution in [3.63, 3.8) is 0 Å². The number of hydrogen-bond donors (Lipinski definition) is 3. The van der Waals surface area contributed by atoms with Crippen molar-refractivity contribution in [3.05, 3.63) is 16.9 Å². The first kappa shape index (κ1) is 12.9. The molecule has 0 spiro atoms. The van der Waals surface area contributed by atoms with E-state index in [4.69, 9.17) is 27.8 Å². The maximum Gasteiger partial charge on any atom is 0.169 e. The molecule has 0 aliphatic carbocycles. The number of halogens is 2. The van der Waals surface area contributed by atoms with Gasteiger partial charge in [-0.3, -0.25) is 0 Å². The number of nitrogen functional groups attached to an aromatic ring is 2. The van der Waals surface area contributed by atoms with E-state index < -0.39 is 5.82 Å². The van der Waals surface area contributed by atoms with Crippen molar-refractivity contribution in [2.45, 2.75) is 13.0 Å². The van der Waals surface area contributed by atoms with Crippen LogP contribution in [0.25, 0.3) is 0 Å². The highest BCUT2D eigenvalue weighted by atomic mass is 35.5. The topological polar surface area (TPSA) is 73.3 Å². The van der Waals surface area contributed by atoms with Crippen LogP contribution in [0.1, 0.15) is 6.92 Å². The number of nitrogens with one attached hydrogen (secondary N) is 1. The van der Waals surface area contributed by atoms with E-state index in [0.717, 1.165) is 0 Å². The first-order chi connectivity index (χ1) is 7.47. The highest BCUT2D eigenvalue weighted by Gasteiger charge is 2.14. The number of methoxy groups -OCH3 is 1. The van der Waals surface area contributed by atoms with E-state index in [1.165, 1.54) is 6.07 Å². The Labute approximate surface area is 98.7 Å². The number of anilines is 3. The summed E-state index contributed by atoms with van der Waals surface area (Å²) in [6.07, 6.45) is -0.0601. The predicted octanol–water partition coefficient (Wildman–Crippen LogP) is 2.09. The van der Waals surface area contributed by atoms with Crippen molar-refractivity contribution in [1.29, 1.82) is 0 Å². The van der Waals surface area contributed by atoms with Gasteiger partial charge in [-0.1, -0.05) is 11.6 Å². The molecule has 1 aromatic rings. The molecule has 16 heavy (non-hydrogen) atoms. The largest absolute Gasteiger partial charge is 0.397 e. The quantitative estimate of drug-likeness (QED) is 0.713. The second kappa shape index (κ2) is 5.23. The molecule has 0 aliphatic heterocycles. The minimum absolute atomic E-state index is 0.0601. The van der Waals surface area contributed by atoms with Gasteiger partial charge in [-0.15, -0.1) is 0 Å². The van der Waals surface area contributed by atoms with Crippen molar-refractivity contribution < 1.29 is 9.13 Å². The SMILES string of the molecule is COC(C)CNc1c(N)cc(N)c(Cl)c1F. The van der Waals surface area contributed by atoms with Gasteiger partial charge in [0.15, 0.2) is 5.82 Å². The van der Waals surface area contributed by atoms with Crippen molar-refractivity contribution in [2.24, 2.45) is 0 Å². The molecule has 1 unspecified atom stereocenters. The van der Waals surface area contributed by atoms with E-state index in [1.54, 1.807) is 7.11 Å². The van der Waals surface area contributed by atoms with Crippen LogP contribution in [0, 0.1) is 5.82 Å². The zero-order valence-electron chi connectivity index (χ0n) is 9.18. The molecule has 0 saturated carbocycles. The molecule has 4 nitrogen and oxygen atoms in total. The molecule has 0 heterocycles. The van der Waals surface area contributed by atoms with Crippen LogP contribution >= 0.6 is 11.6 Å². The van der Waals surface area contributed by atoms with Crippen molar-refractivity contribution >= 4 is 28.7 Å². The van der Waals surface area contributed by atoms with E-state index in [1.807, 2.05) is 6.92 Å². The Hall–Kier alpha value is -1.20. The molecule has 5 N–H and O–H groups in total. The summed E-state index contributed by atoms with van der Waals surface area (Å²) >= 11 is 5.68. The summed E-state index contributed by atoms with van der Waals surface area (Å²) in [4.78, 5) is 0. The van der Waals surface area contributed by atoms with Gasteiger partial charge in [0.1, 0.15) is 5.02 Å². The van der Waals surface area contributed by atoms with Crippen molar-refractivity contribution in [2.75, 3.05) is 30.4 Å². The van der Waals surface area contributed by atoms with E-state index in [0.29, 0.717) is 6.54 Å². The molecule has 90 valence electrons. The third-order valence-corrected chi connectivity index (χ3v) is 2.62. The summed E-state index contributed by atoms with van der Waals surface area (Å²) < 4.78 is 18.7. The van der Waals surface area contributed by atoms with Crippen LogP contribution in [0.5, 0.6) is 0 Å². The summed E-state index contributed by atoms with van der Waals surface area (Å²) in [7, 11) is 1.57. The Morgan fingerprint density at radius 2 is 2.12 bits per heavy atom. The van der Waals surface area contributed by atoms with Gasteiger partial charge in [-0.2, -0.15) is 0 Å². The van der Waals surface area contributed by atoms with E-state index in [9.17, 15) is 4.39 Å². The summed E-state index contributed by atoms with van der Waals surface area (Å²) in [6.45, 7) is 2.28. The van der Waals surface area contributed by atoms with E-state index in [-0.39, 0.29) is 28.2 Å². The first-order valence-corrected chi connectivity index (χ1v) is 5.14. The highest BCUT2D eigenvalue weighted by Crippen LogP contribution is 2.33. The van der Waals surface area contributed by atoms with Gasteiger partial charge in [0.05, 0.1) is 23.2 Å². The summed E-state index contributed by atoms with van der Waals surface area (Å²) in [5, 5.41) is 2.71. The zero-order valence-corrected chi connectivity index (χ0v) is 9.94. The molecule has 0 fully saturated rings. The summed E-state index contributed by atoms with van der Waals surface area (Å²) in [5.41, 5.74) is 11.6. The second-order valence-corrected chi connectivity index (χ2v) is 3.86. The molecule has 0 radical (unpaired) electrons. The third-order valence-electron chi connectivity index (χ3n) is 2.23. The maximum atomic E-state index is 13.7. The smallest absolute Gasteiger partial charge is 0.169 e. The summed E-state index contributed by atoms with van der Waals surface area (Å²) in [5.74, 6) is -0.637. The Bertz CT molecular complexity index is 387. The molecular formula is C10H15ClFN3O. The number of nitrogens with two attached hydrogens (primary N) is 2. The Balaban J connectivity index is 2.92. The van der Waals surface area contributed by atoms with Crippen LogP contribution in [0.15, 0.2) is 6.07 Å². The zero-order chi connectivity index (χ0) is 12.3. The average molecular weight is 248 g/mol. The van der Waals surface area contributed by atoms with Gasteiger partial charge < -0.3 is 21.5 Å². The van der Waals surface area contributed by atoms with Crippen LogP contribution < -0.4 is 16.8 Å². The van der Waals surface area contributed by atoms with E-state index >= 15 is 0 Å². The van der Waals surface area contributed by atoms with Crippen LogP contribution in [0.2, 0.25) is 5.02 Å². The summed E-state index contributed by atoms with van der Waals surface area (Å²) in [6, 6.07) is 1.42. The minimum Gasteiger partial charge on any atom is -0.397 e. The maximum absolute atomic E-state index is 13.7. The molecule has 0 saturated heterocycles. The predicted molar refractivity (Wildman–Crippen MR) is 65.2 cm³/mol. The highest BCUT2D eigenvalue weighted by molar-refractivity contribution is 6.33. The van der Waals surface area contributed by atoms with Gasteiger partial charge in [0.25, 0.3) is 0 Å². The number of hydrogen-bond acceptors (Lipinski definition) is 4. The fourth-order valence-electron chi connectivity index (χ4n) is 1.18. The first-order valence-electron chi connectivity index (χ1n) is 4.77. The molecule has 1 aromatic carbocycles. The fraction of sp³-hybridized carbons (Fsp3) is 0.400. The van der Waals surface area contributed by atoms with Gasteiger partial charge >= 0.3 is 0 Å². The van der Waals surface area contributed by atoms with Crippen LogP contribution in [0.3, 0.4) is 0 Å². The molecule has 1 rings (SSSR count). The third kappa shape index (κ3) is 2.68. The number of ether oxygens (including phenoxy) is 1. The molecule has 0 amide bonds. The average Bonchev–Trinajstić information content (AvgIpc) is 2.25.